The summed E-state index contributed by atoms with van der Waals surface area (Å²) in [5, 5.41) is 2.17. The van der Waals surface area contributed by atoms with E-state index in [0.29, 0.717) is 12.6 Å². The van der Waals surface area contributed by atoms with E-state index < -0.39 is 0 Å². The minimum absolute atomic E-state index is 0.386. The molecule has 1 atom stereocenters. The molecule has 2 N–H and O–H groups in total. The molecule has 1 heterocycles. The van der Waals surface area contributed by atoms with E-state index in [1.165, 1.54) is 16.9 Å². The number of nitrogens with two attached hydrogens (primary N) is 1. The van der Waals surface area contributed by atoms with Crippen molar-refractivity contribution in [1.29, 1.82) is 0 Å². The van der Waals surface area contributed by atoms with E-state index in [1.807, 2.05) is 11.3 Å². The molecule has 4 heteroatoms. The average Bonchev–Trinajstić information content (AvgIpc) is 2.74. The van der Waals surface area contributed by atoms with Gasteiger partial charge in [-0.25, -0.2) is 0 Å². The molecule has 0 aliphatic heterocycles. The number of rotatable bonds is 8. The Labute approximate surface area is 116 Å². The lowest BCUT2D eigenvalue weighted by atomic mass is 10.1. The molecule has 1 aromatic rings. The second-order valence-electron chi connectivity index (χ2n) is 5.00. The Kier molecular flexibility index (Phi) is 6.86. The zero-order valence-corrected chi connectivity index (χ0v) is 13.0. The normalized spacial score (nSPS) is 13.5. The number of nitrogens with zero attached hydrogens (tertiary/aromatic N) is 2. The van der Waals surface area contributed by atoms with Crippen molar-refractivity contribution < 1.29 is 0 Å². The van der Waals surface area contributed by atoms with Crippen molar-refractivity contribution in [3.05, 3.63) is 21.9 Å². The van der Waals surface area contributed by atoms with Gasteiger partial charge in [-0.15, -0.1) is 11.3 Å². The Morgan fingerprint density at radius 2 is 2.06 bits per heavy atom. The number of thiophene rings is 1. The summed E-state index contributed by atoms with van der Waals surface area (Å²) < 4.78 is 0. The monoisotopic (exact) mass is 269 g/mol. The highest BCUT2D eigenvalue weighted by molar-refractivity contribution is 7.10. The van der Waals surface area contributed by atoms with E-state index >= 15 is 0 Å². The van der Waals surface area contributed by atoms with Crippen LogP contribution in [0.4, 0.5) is 0 Å². The molecule has 0 saturated heterocycles. The lowest BCUT2D eigenvalue weighted by molar-refractivity contribution is 0.203. The summed E-state index contributed by atoms with van der Waals surface area (Å²) in [7, 11) is 4.25. The smallest absolute Gasteiger partial charge is 0.0566 e. The van der Waals surface area contributed by atoms with Crippen molar-refractivity contribution in [2.45, 2.75) is 26.3 Å². The second-order valence-corrected chi connectivity index (χ2v) is 5.95. The van der Waals surface area contributed by atoms with Crippen molar-refractivity contribution >= 4 is 11.3 Å². The molecular formula is C14H27N3S. The first-order valence-corrected chi connectivity index (χ1v) is 7.61. The third-order valence-corrected chi connectivity index (χ3v) is 4.45. The van der Waals surface area contributed by atoms with Gasteiger partial charge in [0.25, 0.3) is 0 Å². The van der Waals surface area contributed by atoms with Crippen molar-refractivity contribution in [3.8, 4) is 0 Å². The fourth-order valence-electron chi connectivity index (χ4n) is 2.27. The van der Waals surface area contributed by atoms with Gasteiger partial charge in [0.2, 0.25) is 0 Å². The summed E-state index contributed by atoms with van der Waals surface area (Å²) in [4.78, 5) is 6.17. The van der Waals surface area contributed by atoms with Gasteiger partial charge in [0.15, 0.2) is 0 Å². The first-order chi connectivity index (χ1) is 8.60. The topological polar surface area (TPSA) is 32.5 Å². The van der Waals surface area contributed by atoms with Crippen LogP contribution in [0.15, 0.2) is 11.4 Å². The predicted molar refractivity (Wildman–Crippen MR) is 81.3 cm³/mol. The van der Waals surface area contributed by atoms with Crippen LogP contribution in [0.2, 0.25) is 0 Å². The molecule has 3 nitrogen and oxygen atoms in total. The molecule has 0 fully saturated rings. The highest BCUT2D eigenvalue weighted by Gasteiger charge is 2.20. The molecule has 104 valence electrons. The minimum atomic E-state index is 0.386. The van der Waals surface area contributed by atoms with Gasteiger partial charge in [0.05, 0.1) is 6.04 Å². The summed E-state index contributed by atoms with van der Waals surface area (Å²) in [6, 6.07) is 2.58. The van der Waals surface area contributed by atoms with Gasteiger partial charge in [0, 0.05) is 18.0 Å². The summed E-state index contributed by atoms with van der Waals surface area (Å²) in [5.74, 6) is 0. The van der Waals surface area contributed by atoms with Gasteiger partial charge in [-0.2, -0.15) is 0 Å². The lowest BCUT2D eigenvalue weighted by Gasteiger charge is -2.30. The zero-order valence-electron chi connectivity index (χ0n) is 12.1. The standard InChI is InChI=1S/C14H27N3S/c1-5-17(9-6-8-16(3)4)13(11-15)14-12(2)7-10-18-14/h7,10,13H,5-6,8-9,11,15H2,1-4H3. The molecular weight excluding hydrogens is 242 g/mol. The van der Waals surface area contributed by atoms with Crippen molar-refractivity contribution in [3.63, 3.8) is 0 Å². The highest BCUT2D eigenvalue weighted by Crippen LogP contribution is 2.28. The summed E-state index contributed by atoms with van der Waals surface area (Å²) >= 11 is 1.83. The molecule has 0 aliphatic carbocycles. The SMILES string of the molecule is CCN(CCCN(C)C)C(CN)c1sccc1C. The molecule has 0 aliphatic rings. The van der Waals surface area contributed by atoms with Gasteiger partial charge < -0.3 is 10.6 Å². The fourth-order valence-corrected chi connectivity index (χ4v) is 3.35. The quantitative estimate of drug-likeness (QED) is 0.786. The van der Waals surface area contributed by atoms with Crippen LogP contribution in [-0.4, -0.2) is 50.1 Å². The van der Waals surface area contributed by atoms with Crippen LogP contribution >= 0.6 is 11.3 Å². The summed E-state index contributed by atoms with van der Waals surface area (Å²) in [6.07, 6.45) is 1.20. The average molecular weight is 269 g/mol. The van der Waals surface area contributed by atoms with Gasteiger partial charge >= 0.3 is 0 Å². The van der Waals surface area contributed by atoms with Crippen LogP contribution in [0.25, 0.3) is 0 Å². The van der Waals surface area contributed by atoms with Crippen LogP contribution in [0.3, 0.4) is 0 Å². The summed E-state index contributed by atoms with van der Waals surface area (Å²) in [6.45, 7) is 8.43. The Morgan fingerprint density at radius 1 is 1.33 bits per heavy atom. The second kappa shape index (κ2) is 7.89. The lowest BCUT2D eigenvalue weighted by Crippen LogP contribution is -2.35. The van der Waals surface area contributed by atoms with Gasteiger partial charge in [-0.3, -0.25) is 4.90 Å². The Hall–Kier alpha value is -0.420. The van der Waals surface area contributed by atoms with E-state index in [1.54, 1.807) is 0 Å². The maximum absolute atomic E-state index is 6.00. The third kappa shape index (κ3) is 4.35. The van der Waals surface area contributed by atoms with Crippen LogP contribution < -0.4 is 5.73 Å². The molecule has 18 heavy (non-hydrogen) atoms. The number of hydrogen-bond donors (Lipinski definition) is 1. The van der Waals surface area contributed by atoms with Crippen molar-refractivity contribution in [2.24, 2.45) is 5.73 Å². The molecule has 0 spiro atoms. The van der Waals surface area contributed by atoms with E-state index in [-0.39, 0.29) is 0 Å². The van der Waals surface area contributed by atoms with Crippen LogP contribution in [0, 0.1) is 6.92 Å². The Morgan fingerprint density at radius 3 is 2.50 bits per heavy atom. The van der Waals surface area contributed by atoms with Crippen LogP contribution in [0.1, 0.15) is 29.8 Å². The number of likely N-dealkylation sites (N-methyl/N-ethyl adjacent to an activating group) is 1. The van der Waals surface area contributed by atoms with Gasteiger partial charge in [-0.05, 0) is 57.5 Å². The largest absolute Gasteiger partial charge is 0.329 e. The third-order valence-electron chi connectivity index (χ3n) is 3.33. The molecule has 0 aromatic carbocycles. The van der Waals surface area contributed by atoms with Gasteiger partial charge in [-0.1, -0.05) is 6.92 Å². The first kappa shape index (κ1) is 15.6. The molecule has 0 radical (unpaired) electrons. The number of aryl methyl sites for hydroxylation is 1. The van der Waals surface area contributed by atoms with E-state index in [9.17, 15) is 0 Å². The van der Waals surface area contributed by atoms with E-state index in [4.69, 9.17) is 5.73 Å². The van der Waals surface area contributed by atoms with E-state index in [2.05, 4.69) is 49.2 Å². The fraction of sp³-hybridized carbons (Fsp3) is 0.714. The minimum Gasteiger partial charge on any atom is -0.329 e. The molecule has 0 amide bonds. The zero-order chi connectivity index (χ0) is 13.5. The molecule has 0 bridgehead atoms. The van der Waals surface area contributed by atoms with Crippen LogP contribution in [0.5, 0.6) is 0 Å². The molecule has 1 rings (SSSR count). The maximum atomic E-state index is 6.00. The van der Waals surface area contributed by atoms with Crippen molar-refractivity contribution in [2.75, 3.05) is 40.3 Å². The first-order valence-electron chi connectivity index (χ1n) is 6.73. The molecule has 1 aromatic heterocycles. The Bertz CT molecular complexity index is 336. The number of hydrogen-bond acceptors (Lipinski definition) is 4. The molecule has 1 unspecified atom stereocenters. The van der Waals surface area contributed by atoms with Crippen molar-refractivity contribution in [1.82, 2.24) is 9.80 Å². The highest BCUT2D eigenvalue weighted by atomic mass is 32.1. The van der Waals surface area contributed by atoms with E-state index in [0.717, 1.165) is 19.6 Å². The van der Waals surface area contributed by atoms with Crippen LogP contribution in [-0.2, 0) is 0 Å². The predicted octanol–water partition coefficient (Wildman–Crippen LogP) is 2.33. The van der Waals surface area contributed by atoms with Gasteiger partial charge in [0.1, 0.15) is 0 Å². The maximum Gasteiger partial charge on any atom is 0.0566 e. The Balaban J connectivity index is 2.63. The summed E-state index contributed by atoms with van der Waals surface area (Å²) in [5.41, 5.74) is 7.37. The molecule has 0 saturated carbocycles.